The maximum absolute atomic E-state index is 13.1. The second kappa shape index (κ2) is 6.80. The van der Waals surface area contributed by atoms with Crippen molar-refractivity contribution in [1.82, 2.24) is 0 Å². The van der Waals surface area contributed by atoms with Crippen LogP contribution < -0.4 is 0 Å². The van der Waals surface area contributed by atoms with Crippen LogP contribution in [0, 0.1) is 0 Å². The Balaban J connectivity index is 2.05. The van der Waals surface area contributed by atoms with Crippen LogP contribution >= 0.6 is 11.6 Å². The smallest absolute Gasteiger partial charge is 0.188 e. The maximum Gasteiger partial charge on any atom is 0.188 e. The maximum atomic E-state index is 13.1. The molecule has 114 valence electrons. The second-order valence-electron chi connectivity index (χ2n) is 5.52. The Hall–Kier alpha value is -2.38. The summed E-state index contributed by atoms with van der Waals surface area (Å²) in [5, 5.41) is 0. The van der Waals surface area contributed by atoms with Gasteiger partial charge < -0.3 is 0 Å². The highest BCUT2D eigenvalue weighted by atomic mass is 35.5. The third kappa shape index (κ3) is 3.35. The predicted octanol–water partition coefficient (Wildman–Crippen LogP) is 5.25. The number of rotatable bonds is 5. The van der Waals surface area contributed by atoms with Gasteiger partial charge in [-0.3, -0.25) is 4.79 Å². The molecule has 2 heteroatoms. The summed E-state index contributed by atoms with van der Waals surface area (Å²) >= 11 is 6.93. The molecule has 0 radical (unpaired) electrons. The molecule has 0 aliphatic heterocycles. The summed E-state index contributed by atoms with van der Waals surface area (Å²) in [7, 11) is 0. The first kappa shape index (κ1) is 15.5. The lowest BCUT2D eigenvalue weighted by Gasteiger charge is -2.26. The molecule has 0 saturated heterocycles. The Morgan fingerprint density at radius 2 is 1.22 bits per heavy atom. The molecule has 0 aliphatic carbocycles. The number of carbonyl (C=O) groups excluding carboxylic acids is 1. The minimum absolute atomic E-state index is 0.0742. The zero-order valence-electron chi connectivity index (χ0n) is 12.7. The SMILES string of the molecule is O=C(c1ccccc1)[C@@](Cl)(Cc1ccccc1)c1ccccc1. The van der Waals surface area contributed by atoms with Gasteiger partial charge in [0.05, 0.1) is 0 Å². The van der Waals surface area contributed by atoms with Crippen molar-refractivity contribution in [3.05, 3.63) is 108 Å². The van der Waals surface area contributed by atoms with Crippen LogP contribution in [0.25, 0.3) is 0 Å². The van der Waals surface area contributed by atoms with Gasteiger partial charge in [0.1, 0.15) is 4.87 Å². The topological polar surface area (TPSA) is 17.1 Å². The van der Waals surface area contributed by atoms with Crippen LogP contribution in [-0.2, 0) is 11.3 Å². The van der Waals surface area contributed by atoms with Crippen LogP contribution in [0.4, 0.5) is 0 Å². The van der Waals surface area contributed by atoms with Crippen LogP contribution in [0.5, 0.6) is 0 Å². The first-order valence-corrected chi connectivity index (χ1v) is 7.96. The first-order chi connectivity index (χ1) is 11.2. The van der Waals surface area contributed by atoms with Gasteiger partial charge in [0.25, 0.3) is 0 Å². The molecule has 0 aromatic heterocycles. The van der Waals surface area contributed by atoms with Crippen molar-refractivity contribution in [2.75, 3.05) is 0 Å². The number of alkyl halides is 1. The van der Waals surface area contributed by atoms with E-state index in [0.717, 1.165) is 11.1 Å². The number of carbonyl (C=O) groups is 1. The first-order valence-electron chi connectivity index (χ1n) is 7.58. The van der Waals surface area contributed by atoms with Crippen LogP contribution in [-0.4, -0.2) is 5.78 Å². The lowest BCUT2D eigenvalue weighted by molar-refractivity contribution is 0.0936. The Morgan fingerprint density at radius 1 is 0.739 bits per heavy atom. The van der Waals surface area contributed by atoms with Crippen molar-refractivity contribution in [3.63, 3.8) is 0 Å². The fourth-order valence-electron chi connectivity index (χ4n) is 2.71. The van der Waals surface area contributed by atoms with Crippen molar-refractivity contribution < 1.29 is 4.79 Å². The highest BCUT2D eigenvalue weighted by Gasteiger charge is 2.38. The van der Waals surface area contributed by atoms with E-state index in [-0.39, 0.29) is 5.78 Å². The molecule has 0 N–H and O–H groups in total. The minimum Gasteiger partial charge on any atom is -0.292 e. The summed E-state index contributed by atoms with van der Waals surface area (Å²) in [6.45, 7) is 0. The fraction of sp³-hybridized carbons (Fsp3) is 0.0952. The summed E-state index contributed by atoms with van der Waals surface area (Å²) in [4.78, 5) is 12.0. The summed E-state index contributed by atoms with van der Waals surface area (Å²) in [6.07, 6.45) is 0.452. The zero-order chi connectivity index (χ0) is 16.1. The van der Waals surface area contributed by atoms with E-state index in [2.05, 4.69) is 0 Å². The van der Waals surface area contributed by atoms with Gasteiger partial charge in [-0.15, -0.1) is 11.6 Å². The van der Waals surface area contributed by atoms with Gasteiger partial charge in [0, 0.05) is 12.0 Å². The van der Waals surface area contributed by atoms with Gasteiger partial charge in [0.15, 0.2) is 5.78 Å². The van der Waals surface area contributed by atoms with Gasteiger partial charge >= 0.3 is 0 Å². The number of hydrogen-bond donors (Lipinski definition) is 0. The van der Waals surface area contributed by atoms with E-state index in [9.17, 15) is 4.79 Å². The van der Waals surface area contributed by atoms with Gasteiger partial charge in [-0.25, -0.2) is 0 Å². The van der Waals surface area contributed by atoms with Gasteiger partial charge in [0.2, 0.25) is 0 Å². The van der Waals surface area contributed by atoms with Crippen molar-refractivity contribution in [2.45, 2.75) is 11.3 Å². The molecule has 1 atom stereocenters. The van der Waals surface area contributed by atoms with Crippen molar-refractivity contribution in [1.29, 1.82) is 0 Å². The normalized spacial score (nSPS) is 13.3. The van der Waals surface area contributed by atoms with Crippen molar-refractivity contribution in [3.8, 4) is 0 Å². The lowest BCUT2D eigenvalue weighted by Crippen LogP contribution is -2.32. The van der Waals surface area contributed by atoms with E-state index in [1.54, 1.807) is 0 Å². The standard InChI is InChI=1S/C21H17ClO/c22-21(19-14-8-3-9-15-19,16-17-10-4-1-5-11-17)20(23)18-12-6-2-7-13-18/h1-15H,16H2/t21-/m1/s1. The molecule has 0 fully saturated rings. The Labute approximate surface area is 141 Å². The molecule has 0 aliphatic rings. The second-order valence-corrected chi connectivity index (χ2v) is 6.17. The van der Waals surface area contributed by atoms with Gasteiger partial charge in [-0.05, 0) is 11.1 Å². The third-order valence-corrected chi connectivity index (χ3v) is 4.44. The van der Waals surface area contributed by atoms with Crippen LogP contribution in [0.3, 0.4) is 0 Å². The predicted molar refractivity (Wildman–Crippen MR) is 94.9 cm³/mol. The third-order valence-electron chi connectivity index (χ3n) is 3.92. The van der Waals surface area contributed by atoms with E-state index in [4.69, 9.17) is 11.6 Å². The molecule has 0 bridgehead atoms. The highest BCUT2D eigenvalue weighted by Crippen LogP contribution is 2.36. The molecule has 3 aromatic carbocycles. The average molecular weight is 321 g/mol. The number of hydrogen-bond acceptors (Lipinski definition) is 1. The monoisotopic (exact) mass is 320 g/mol. The van der Waals surface area contributed by atoms with Crippen LogP contribution in [0.2, 0.25) is 0 Å². The minimum atomic E-state index is -1.11. The highest BCUT2D eigenvalue weighted by molar-refractivity contribution is 6.38. The number of halogens is 1. The molecular weight excluding hydrogens is 304 g/mol. The van der Waals surface area contributed by atoms with Crippen molar-refractivity contribution in [2.24, 2.45) is 0 Å². The van der Waals surface area contributed by atoms with Gasteiger partial charge in [-0.1, -0.05) is 91.0 Å². The summed E-state index contributed by atoms with van der Waals surface area (Å²) in [5.74, 6) is -0.0742. The Bertz CT molecular complexity index is 769. The van der Waals surface area contributed by atoms with E-state index >= 15 is 0 Å². The number of ketones is 1. The molecule has 3 rings (SSSR count). The van der Waals surface area contributed by atoms with Crippen LogP contribution in [0.15, 0.2) is 91.0 Å². The molecule has 0 amide bonds. The average Bonchev–Trinajstić information content (AvgIpc) is 2.63. The molecule has 0 spiro atoms. The summed E-state index contributed by atoms with van der Waals surface area (Å²) in [5.41, 5.74) is 2.48. The Morgan fingerprint density at radius 3 is 1.78 bits per heavy atom. The number of Topliss-reactive ketones (excluding diaryl/α,β-unsaturated/α-hetero) is 1. The largest absolute Gasteiger partial charge is 0.292 e. The van der Waals surface area contributed by atoms with E-state index in [1.165, 1.54) is 0 Å². The molecule has 0 heterocycles. The summed E-state index contributed by atoms with van der Waals surface area (Å²) < 4.78 is 0. The van der Waals surface area contributed by atoms with Crippen LogP contribution in [0.1, 0.15) is 21.5 Å². The van der Waals surface area contributed by atoms with E-state index in [1.807, 2.05) is 91.0 Å². The van der Waals surface area contributed by atoms with Crippen molar-refractivity contribution >= 4 is 17.4 Å². The zero-order valence-corrected chi connectivity index (χ0v) is 13.4. The summed E-state index contributed by atoms with van der Waals surface area (Å²) in [6, 6.07) is 28.7. The van der Waals surface area contributed by atoms with E-state index < -0.39 is 4.87 Å². The van der Waals surface area contributed by atoms with E-state index in [0.29, 0.717) is 12.0 Å². The molecule has 1 nitrogen and oxygen atoms in total. The molecule has 3 aromatic rings. The quantitative estimate of drug-likeness (QED) is 0.464. The molecule has 23 heavy (non-hydrogen) atoms. The fourth-order valence-corrected chi connectivity index (χ4v) is 3.10. The molecule has 0 unspecified atom stereocenters. The Kier molecular flexibility index (Phi) is 4.59. The lowest BCUT2D eigenvalue weighted by atomic mass is 9.84. The van der Waals surface area contributed by atoms with Gasteiger partial charge in [-0.2, -0.15) is 0 Å². The molecular formula is C21H17ClO. The number of benzene rings is 3. The molecule has 0 saturated carbocycles.